The minimum atomic E-state index is -0.905. The summed E-state index contributed by atoms with van der Waals surface area (Å²) in [5, 5.41) is 10.8. The fraction of sp³-hybridized carbons (Fsp3) is 0.542. The molecule has 0 saturated heterocycles. The number of hydrogen-bond acceptors (Lipinski definition) is 4. The highest BCUT2D eigenvalue weighted by Gasteiger charge is 2.48. The van der Waals surface area contributed by atoms with Crippen LogP contribution < -0.4 is 0 Å². The summed E-state index contributed by atoms with van der Waals surface area (Å²) >= 11 is 0. The molecule has 3 rings (SSSR count). The van der Waals surface area contributed by atoms with E-state index in [0.717, 1.165) is 11.1 Å². The van der Waals surface area contributed by atoms with Gasteiger partial charge in [0, 0.05) is 37.2 Å². The highest BCUT2D eigenvalue weighted by atomic mass is 16.3. The normalized spacial score (nSPS) is 23.8. The topological polar surface area (TPSA) is 71.4 Å². The van der Waals surface area contributed by atoms with E-state index in [4.69, 9.17) is 0 Å². The molecule has 0 heterocycles. The minimum Gasteiger partial charge on any atom is -0.512 e. The first-order valence-corrected chi connectivity index (χ1v) is 9.97. The van der Waals surface area contributed by atoms with Crippen molar-refractivity contribution >= 4 is 17.3 Å². The van der Waals surface area contributed by atoms with E-state index in [1.54, 1.807) is 0 Å². The number of benzene rings is 1. The van der Waals surface area contributed by atoms with Gasteiger partial charge in [-0.2, -0.15) is 0 Å². The highest BCUT2D eigenvalue weighted by Crippen LogP contribution is 2.47. The van der Waals surface area contributed by atoms with Gasteiger partial charge >= 0.3 is 0 Å². The smallest absolute Gasteiger partial charge is 0.163 e. The van der Waals surface area contributed by atoms with Gasteiger partial charge < -0.3 is 5.11 Å². The molecule has 28 heavy (non-hydrogen) atoms. The van der Waals surface area contributed by atoms with E-state index in [0.29, 0.717) is 25.7 Å². The van der Waals surface area contributed by atoms with Crippen molar-refractivity contribution in [1.29, 1.82) is 0 Å². The summed E-state index contributed by atoms with van der Waals surface area (Å²) in [5.74, 6) is -2.02. The van der Waals surface area contributed by atoms with Gasteiger partial charge in [-0.15, -0.1) is 0 Å². The molecule has 4 heteroatoms. The van der Waals surface area contributed by atoms with Crippen molar-refractivity contribution in [2.24, 2.45) is 16.7 Å². The molecule has 1 fully saturated rings. The second-order valence-corrected chi connectivity index (χ2v) is 10.1. The van der Waals surface area contributed by atoms with Crippen molar-refractivity contribution in [3.63, 3.8) is 0 Å². The van der Waals surface area contributed by atoms with Gasteiger partial charge in [-0.25, -0.2) is 0 Å². The molecule has 1 saturated carbocycles. The molecule has 0 radical (unpaired) electrons. The highest BCUT2D eigenvalue weighted by molar-refractivity contribution is 6.09. The third-order valence-corrected chi connectivity index (χ3v) is 5.94. The van der Waals surface area contributed by atoms with Crippen LogP contribution in [0.2, 0.25) is 0 Å². The van der Waals surface area contributed by atoms with Gasteiger partial charge in [-0.05, 0) is 23.3 Å². The molecule has 1 aromatic carbocycles. The number of carbonyl (C=O) groups excluding carboxylic acids is 3. The first-order chi connectivity index (χ1) is 12.9. The number of carbonyl (C=O) groups is 3. The second kappa shape index (κ2) is 6.98. The number of aliphatic hydroxyl groups excluding tert-OH is 1. The molecular weight excluding hydrogens is 352 g/mol. The quantitative estimate of drug-likeness (QED) is 0.758. The monoisotopic (exact) mass is 382 g/mol. The van der Waals surface area contributed by atoms with E-state index < -0.39 is 11.8 Å². The summed E-state index contributed by atoms with van der Waals surface area (Å²) in [5.41, 5.74) is 1.31. The fourth-order valence-corrected chi connectivity index (χ4v) is 4.82. The Morgan fingerprint density at radius 1 is 0.929 bits per heavy atom. The Morgan fingerprint density at radius 2 is 1.50 bits per heavy atom. The Balaban J connectivity index is 2.16. The molecule has 0 spiro atoms. The maximum Gasteiger partial charge on any atom is 0.163 e. The number of ketones is 3. The molecule has 0 aliphatic heterocycles. The number of aryl methyl sites for hydroxylation is 1. The summed E-state index contributed by atoms with van der Waals surface area (Å²) in [7, 11) is 0. The lowest BCUT2D eigenvalue weighted by Gasteiger charge is -2.39. The molecule has 2 aliphatic rings. The molecular formula is C24H30O4. The van der Waals surface area contributed by atoms with Crippen LogP contribution in [-0.4, -0.2) is 22.5 Å². The van der Waals surface area contributed by atoms with E-state index in [9.17, 15) is 19.5 Å². The largest absolute Gasteiger partial charge is 0.512 e. The summed E-state index contributed by atoms with van der Waals surface area (Å²) in [6.45, 7) is 9.67. The second-order valence-electron chi connectivity index (χ2n) is 10.1. The summed E-state index contributed by atoms with van der Waals surface area (Å²) < 4.78 is 0. The predicted octanol–water partition coefficient (Wildman–Crippen LogP) is 4.85. The summed E-state index contributed by atoms with van der Waals surface area (Å²) in [6, 6.07) is 7.58. The van der Waals surface area contributed by atoms with Crippen LogP contribution in [0.5, 0.6) is 0 Å². The Kier molecular flexibility index (Phi) is 5.11. The van der Waals surface area contributed by atoms with Crippen LogP contribution in [0.4, 0.5) is 0 Å². The molecule has 4 nitrogen and oxygen atoms in total. The molecule has 0 bridgehead atoms. The van der Waals surface area contributed by atoms with Gasteiger partial charge in [-0.1, -0.05) is 57.5 Å². The molecule has 150 valence electrons. The Bertz CT molecular complexity index is 852. The zero-order chi connectivity index (χ0) is 20.9. The van der Waals surface area contributed by atoms with Crippen LogP contribution in [0.1, 0.15) is 70.4 Å². The van der Waals surface area contributed by atoms with E-state index in [1.807, 2.05) is 58.9 Å². The summed E-state index contributed by atoms with van der Waals surface area (Å²) in [6.07, 6.45) is 1.28. The zero-order valence-electron chi connectivity index (χ0n) is 17.5. The average Bonchev–Trinajstić information content (AvgIpc) is 2.49. The SMILES string of the molecule is Cc1cccc([C@H](C2=C(O)CC(C)(C)CC2=O)C2C(=O)CC(C)(C)CC2=O)c1. The van der Waals surface area contributed by atoms with Gasteiger partial charge in [-0.3, -0.25) is 14.4 Å². The van der Waals surface area contributed by atoms with Crippen molar-refractivity contribution in [2.75, 3.05) is 0 Å². The summed E-state index contributed by atoms with van der Waals surface area (Å²) in [4.78, 5) is 39.2. The van der Waals surface area contributed by atoms with Gasteiger partial charge in [0.15, 0.2) is 5.78 Å². The van der Waals surface area contributed by atoms with Gasteiger partial charge in [0.2, 0.25) is 0 Å². The fourth-order valence-electron chi connectivity index (χ4n) is 4.82. The van der Waals surface area contributed by atoms with Crippen LogP contribution in [0.3, 0.4) is 0 Å². The van der Waals surface area contributed by atoms with Crippen LogP contribution in [0.15, 0.2) is 35.6 Å². The lowest BCUT2D eigenvalue weighted by atomic mass is 9.62. The maximum atomic E-state index is 13.1. The Labute approximate surface area is 167 Å². The lowest BCUT2D eigenvalue weighted by molar-refractivity contribution is -0.140. The molecule has 1 N–H and O–H groups in total. The molecule has 0 unspecified atom stereocenters. The van der Waals surface area contributed by atoms with Crippen LogP contribution >= 0.6 is 0 Å². The van der Waals surface area contributed by atoms with E-state index in [-0.39, 0.29) is 39.5 Å². The average molecular weight is 383 g/mol. The number of Topliss-reactive ketones (excluding diaryl/α,β-unsaturated/α-hetero) is 3. The van der Waals surface area contributed by atoms with Crippen LogP contribution in [-0.2, 0) is 14.4 Å². The Hall–Kier alpha value is -2.23. The van der Waals surface area contributed by atoms with E-state index in [2.05, 4.69) is 0 Å². The standard InChI is InChI=1S/C24H30O4/c1-14-7-6-8-15(9-14)20(21-16(25)10-23(2,3)11-17(21)26)22-18(27)12-24(4,5)13-19(22)28/h6-9,20-21,27H,10-13H2,1-5H3/t20-/m0/s1. The molecule has 0 amide bonds. The van der Waals surface area contributed by atoms with Gasteiger partial charge in [0.05, 0.1) is 5.92 Å². The van der Waals surface area contributed by atoms with Crippen LogP contribution in [0, 0.1) is 23.7 Å². The first kappa shape index (κ1) is 20.5. The van der Waals surface area contributed by atoms with Crippen molar-refractivity contribution in [3.8, 4) is 0 Å². The molecule has 2 aliphatic carbocycles. The Morgan fingerprint density at radius 3 is 2.04 bits per heavy atom. The van der Waals surface area contributed by atoms with E-state index >= 15 is 0 Å². The molecule has 1 aromatic rings. The molecule has 1 atom stereocenters. The first-order valence-electron chi connectivity index (χ1n) is 9.97. The maximum absolute atomic E-state index is 13.1. The predicted molar refractivity (Wildman–Crippen MR) is 108 cm³/mol. The van der Waals surface area contributed by atoms with Gasteiger partial charge in [0.1, 0.15) is 17.3 Å². The van der Waals surface area contributed by atoms with Gasteiger partial charge in [0.25, 0.3) is 0 Å². The number of aliphatic hydroxyl groups is 1. The number of hydrogen-bond donors (Lipinski definition) is 1. The third kappa shape index (κ3) is 3.96. The van der Waals surface area contributed by atoms with Crippen LogP contribution in [0.25, 0.3) is 0 Å². The minimum absolute atomic E-state index is 0.0261. The van der Waals surface area contributed by atoms with E-state index in [1.165, 1.54) is 0 Å². The van der Waals surface area contributed by atoms with Crippen molar-refractivity contribution in [1.82, 2.24) is 0 Å². The molecule has 0 aromatic heterocycles. The lowest BCUT2D eigenvalue weighted by Crippen LogP contribution is -2.43. The third-order valence-electron chi connectivity index (χ3n) is 5.94. The zero-order valence-corrected chi connectivity index (χ0v) is 17.5. The van der Waals surface area contributed by atoms with Crippen molar-refractivity contribution < 1.29 is 19.5 Å². The van der Waals surface area contributed by atoms with Crippen molar-refractivity contribution in [2.45, 2.75) is 66.2 Å². The van der Waals surface area contributed by atoms with Crippen molar-refractivity contribution in [3.05, 3.63) is 46.7 Å². The number of rotatable bonds is 3. The number of allylic oxidation sites excluding steroid dienone is 2.